The average molecular weight is 268 g/mol. The van der Waals surface area contributed by atoms with Crippen molar-refractivity contribution in [3.8, 4) is 0 Å². The number of ether oxygens (including phenoxy) is 1. The van der Waals surface area contributed by atoms with Gasteiger partial charge in [-0.05, 0) is 26.7 Å². The molecular formula is C12H16N2O3S. The third-order valence-corrected chi connectivity index (χ3v) is 4.15. The van der Waals surface area contributed by atoms with E-state index in [2.05, 4.69) is 4.98 Å². The van der Waals surface area contributed by atoms with Gasteiger partial charge in [0.25, 0.3) is 5.91 Å². The van der Waals surface area contributed by atoms with Gasteiger partial charge in [-0.1, -0.05) is 0 Å². The number of carbonyl (C=O) groups is 2. The van der Waals surface area contributed by atoms with E-state index >= 15 is 0 Å². The molecule has 1 aromatic rings. The summed E-state index contributed by atoms with van der Waals surface area (Å²) in [5.41, 5.74) is 0.734. The maximum Gasteiger partial charge on any atom is 0.328 e. The highest BCUT2D eigenvalue weighted by molar-refractivity contribution is 7.13. The molecule has 1 fully saturated rings. The number of amides is 1. The second-order valence-electron chi connectivity index (χ2n) is 4.33. The first-order chi connectivity index (χ1) is 8.54. The SMILES string of the molecule is COC(=O)C1CCCN1C(=O)c1sc(C)nc1C. The zero-order valence-electron chi connectivity index (χ0n) is 10.7. The number of hydrogen-bond donors (Lipinski definition) is 0. The highest BCUT2D eigenvalue weighted by Crippen LogP contribution is 2.25. The number of hydrogen-bond acceptors (Lipinski definition) is 5. The van der Waals surface area contributed by atoms with Crippen LogP contribution < -0.4 is 0 Å². The van der Waals surface area contributed by atoms with Crippen LogP contribution in [0.2, 0.25) is 0 Å². The van der Waals surface area contributed by atoms with E-state index in [1.807, 2.05) is 13.8 Å². The third-order valence-electron chi connectivity index (χ3n) is 3.08. The maximum atomic E-state index is 12.4. The highest BCUT2D eigenvalue weighted by atomic mass is 32.1. The number of methoxy groups -OCH3 is 1. The van der Waals surface area contributed by atoms with Crippen LogP contribution in [0.5, 0.6) is 0 Å². The fourth-order valence-electron chi connectivity index (χ4n) is 2.25. The number of thiazole rings is 1. The molecule has 1 saturated heterocycles. The molecule has 0 N–H and O–H groups in total. The topological polar surface area (TPSA) is 59.5 Å². The van der Waals surface area contributed by atoms with Crippen molar-refractivity contribution in [2.45, 2.75) is 32.7 Å². The fourth-order valence-corrected chi connectivity index (χ4v) is 3.13. The molecule has 1 amide bonds. The molecule has 0 bridgehead atoms. The van der Waals surface area contributed by atoms with Gasteiger partial charge in [-0.15, -0.1) is 11.3 Å². The Morgan fingerprint density at radius 2 is 2.17 bits per heavy atom. The van der Waals surface area contributed by atoms with Crippen molar-refractivity contribution in [2.75, 3.05) is 13.7 Å². The van der Waals surface area contributed by atoms with E-state index in [1.54, 1.807) is 4.90 Å². The molecule has 2 rings (SSSR count). The highest BCUT2D eigenvalue weighted by Gasteiger charge is 2.36. The number of carbonyl (C=O) groups excluding carboxylic acids is 2. The van der Waals surface area contributed by atoms with Crippen LogP contribution in [0.1, 0.15) is 33.2 Å². The van der Waals surface area contributed by atoms with Crippen LogP contribution >= 0.6 is 11.3 Å². The zero-order chi connectivity index (χ0) is 13.3. The van der Waals surface area contributed by atoms with Gasteiger partial charge in [-0.25, -0.2) is 9.78 Å². The van der Waals surface area contributed by atoms with Gasteiger partial charge in [-0.3, -0.25) is 4.79 Å². The van der Waals surface area contributed by atoms with Gasteiger partial charge >= 0.3 is 5.97 Å². The van der Waals surface area contributed by atoms with Crippen molar-refractivity contribution in [1.82, 2.24) is 9.88 Å². The third kappa shape index (κ3) is 2.25. The maximum absolute atomic E-state index is 12.4. The van der Waals surface area contributed by atoms with Crippen LogP contribution in [0.3, 0.4) is 0 Å². The Labute approximate surface area is 110 Å². The Balaban J connectivity index is 2.23. The summed E-state index contributed by atoms with van der Waals surface area (Å²) in [5, 5.41) is 0.865. The predicted octanol–water partition coefficient (Wildman–Crippen LogP) is 1.54. The molecule has 1 atom stereocenters. The Morgan fingerprint density at radius 3 is 2.72 bits per heavy atom. The van der Waals surface area contributed by atoms with E-state index in [0.717, 1.165) is 17.1 Å². The summed E-state index contributed by atoms with van der Waals surface area (Å²) in [4.78, 5) is 30.5. The minimum atomic E-state index is -0.440. The number of nitrogens with zero attached hydrogens (tertiary/aromatic N) is 2. The lowest BCUT2D eigenvalue weighted by Gasteiger charge is -2.22. The van der Waals surface area contributed by atoms with E-state index in [4.69, 9.17) is 4.74 Å². The van der Waals surface area contributed by atoms with Gasteiger partial charge in [0.05, 0.1) is 17.8 Å². The van der Waals surface area contributed by atoms with Gasteiger partial charge in [-0.2, -0.15) is 0 Å². The molecule has 1 aliphatic rings. The second kappa shape index (κ2) is 5.06. The van der Waals surface area contributed by atoms with Crippen molar-refractivity contribution in [3.63, 3.8) is 0 Å². The first-order valence-corrected chi connectivity index (χ1v) is 6.69. The molecule has 1 unspecified atom stereocenters. The minimum absolute atomic E-state index is 0.106. The first kappa shape index (κ1) is 13.0. The van der Waals surface area contributed by atoms with Gasteiger partial charge in [0.1, 0.15) is 10.9 Å². The Hall–Kier alpha value is -1.43. The summed E-state index contributed by atoms with van der Waals surface area (Å²) in [6.07, 6.45) is 1.51. The minimum Gasteiger partial charge on any atom is -0.467 e. The van der Waals surface area contributed by atoms with Gasteiger partial charge in [0, 0.05) is 6.54 Å². The molecule has 0 aliphatic carbocycles. The van der Waals surface area contributed by atoms with Crippen LogP contribution in [-0.4, -0.2) is 41.5 Å². The number of aromatic nitrogens is 1. The normalized spacial score (nSPS) is 19.1. The van der Waals surface area contributed by atoms with E-state index in [-0.39, 0.29) is 11.9 Å². The van der Waals surface area contributed by atoms with E-state index in [1.165, 1.54) is 18.4 Å². The summed E-state index contributed by atoms with van der Waals surface area (Å²) in [5.74, 6) is -0.439. The lowest BCUT2D eigenvalue weighted by molar-refractivity contribution is -0.145. The zero-order valence-corrected chi connectivity index (χ0v) is 11.5. The molecule has 0 aromatic carbocycles. The summed E-state index contributed by atoms with van der Waals surface area (Å²) >= 11 is 1.38. The quantitative estimate of drug-likeness (QED) is 0.763. The molecule has 5 nitrogen and oxygen atoms in total. The van der Waals surface area contributed by atoms with Crippen molar-refractivity contribution < 1.29 is 14.3 Å². The Morgan fingerprint density at radius 1 is 1.44 bits per heavy atom. The lowest BCUT2D eigenvalue weighted by atomic mass is 10.2. The van der Waals surface area contributed by atoms with Crippen LogP contribution in [0, 0.1) is 13.8 Å². The van der Waals surface area contributed by atoms with Crippen LogP contribution in [0.15, 0.2) is 0 Å². The van der Waals surface area contributed by atoms with Crippen LogP contribution in [0.25, 0.3) is 0 Å². The molecule has 1 aromatic heterocycles. The molecule has 98 valence electrons. The van der Waals surface area contributed by atoms with E-state index in [0.29, 0.717) is 17.8 Å². The van der Waals surface area contributed by atoms with Crippen LogP contribution in [-0.2, 0) is 9.53 Å². The second-order valence-corrected chi connectivity index (χ2v) is 5.53. The number of aryl methyl sites for hydroxylation is 2. The van der Waals surface area contributed by atoms with Gasteiger partial charge in [0.15, 0.2) is 0 Å². The standard InChI is InChI=1S/C12H16N2O3S/c1-7-10(18-8(2)13-7)11(15)14-6-4-5-9(14)12(16)17-3/h9H,4-6H2,1-3H3. The molecule has 18 heavy (non-hydrogen) atoms. The smallest absolute Gasteiger partial charge is 0.328 e. The molecule has 2 heterocycles. The monoisotopic (exact) mass is 268 g/mol. The largest absolute Gasteiger partial charge is 0.467 e. The summed E-state index contributed by atoms with van der Waals surface area (Å²) in [7, 11) is 1.35. The summed E-state index contributed by atoms with van der Waals surface area (Å²) in [6.45, 7) is 4.30. The lowest BCUT2D eigenvalue weighted by Crippen LogP contribution is -2.41. The van der Waals surface area contributed by atoms with E-state index in [9.17, 15) is 9.59 Å². The van der Waals surface area contributed by atoms with Crippen molar-refractivity contribution in [1.29, 1.82) is 0 Å². The van der Waals surface area contributed by atoms with Crippen molar-refractivity contribution >= 4 is 23.2 Å². The van der Waals surface area contributed by atoms with Crippen molar-refractivity contribution in [3.05, 3.63) is 15.6 Å². The summed E-state index contributed by atoms with van der Waals surface area (Å²) < 4.78 is 4.74. The number of esters is 1. The van der Waals surface area contributed by atoms with Gasteiger partial charge in [0.2, 0.25) is 0 Å². The van der Waals surface area contributed by atoms with Crippen molar-refractivity contribution in [2.24, 2.45) is 0 Å². The molecule has 0 spiro atoms. The summed E-state index contributed by atoms with van der Waals surface area (Å²) in [6, 6.07) is -0.440. The molecular weight excluding hydrogens is 252 g/mol. The number of likely N-dealkylation sites (tertiary alicyclic amines) is 1. The number of rotatable bonds is 2. The molecule has 1 aliphatic heterocycles. The van der Waals surface area contributed by atoms with E-state index < -0.39 is 6.04 Å². The fraction of sp³-hybridized carbons (Fsp3) is 0.583. The Kier molecular flexibility index (Phi) is 3.65. The van der Waals surface area contributed by atoms with Gasteiger partial charge < -0.3 is 9.64 Å². The van der Waals surface area contributed by atoms with Crippen LogP contribution in [0.4, 0.5) is 0 Å². The molecule has 0 saturated carbocycles. The predicted molar refractivity (Wildman–Crippen MR) is 67.7 cm³/mol. The molecule has 6 heteroatoms. The Bertz CT molecular complexity index is 484. The average Bonchev–Trinajstić information content (AvgIpc) is 2.94. The molecule has 0 radical (unpaired) electrons. The first-order valence-electron chi connectivity index (χ1n) is 5.87.